The smallest absolute Gasteiger partial charge is 0.269 e. The molecule has 1 aliphatic heterocycles. The van der Waals surface area contributed by atoms with Crippen LogP contribution >= 0.6 is 0 Å². The molecule has 0 aliphatic carbocycles. The van der Waals surface area contributed by atoms with Crippen molar-refractivity contribution >= 4 is 23.5 Å². The van der Waals surface area contributed by atoms with E-state index in [4.69, 9.17) is 4.84 Å². The van der Waals surface area contributed by atoms with Crippen molar-refractivity contribution in [2.75, 3.05) is 0 Å². The predicted molar refractivity (Wildman–Crippen MR) is 87.6 cm³/mol. The second kappa shape index (κ2) is 7.14. The van der Waals surface area contributed by atoms with E-state index in [1.54, 1.807) is 0 Å². The van der Waals surface area contributed by atoms with Gasteiger partial charge in [-0.25, -0.2) is 23.0 Å². The minimum atomic E-state index is -1.38. The van der Waals surface area contributed by atoms with E-state index in [0.717, 1.165) is 23.4 Å². The Balaban J connectivity index is 2.01. The average Bonchev–Trinajstić information content (AvgIpc) is 2.65. The largest absolute Gasteiger partial charge is 0.372 e. The highest BCUT2D eigenvalue weighted by Gasteiger charge is 2.26. The second-order valence-corrected chi connectivity index (χ2v) is 5.14. The average molecular weight is 375 g/mol. The number of nitro groups is 1. The normalized spacial score (nSPS) is 13.2. The highest BCUT2D eigenvalue weighted by Crippen LogP contribution is 2.30. The van der Waals surface area contributed by atoms with Crippen molar-refractivity contribution in [1.82, 2.24) is 5.06 Å². The number of nitrogens with zero attached hydrogens (tertiary/aromatic N) is 3. The van der Waals surface area contributed by atoms with Gasteiger partial charge >= 0.3 is 0 Å². The Labute approximate surface area is 149 Å². The minimum absolute atomic E-state index is 0.0411. The molecule has 0 radical (unpaired) electrons. The lowest BCUT2D eigenvalue weighted by Gasteiger charge is -2.26. The summed E-state index contributed by atoms with van der Waals surface area (Å²) < 4.78 is 40.9. The predicted octanol–water partition coefficient (Wildman–Crippen LogP) is 3.41. The van der Waals surface area contributed by atoms with Crippen LogP contribution in [0, 0.1) is 27.6 Å². The highest BCUT2D eigenvalue weighted by atomic mass is 19.2. The Morgan fingerprint density at radius 1 is 1.07 bits per heavy atom. The first-order valence-corrected chi connectivity index (χ1v) is 7.27. The summed E-state index contributed by atoms with van der Waals surface area (Å²) in [6.45, 7) is 0. The van der Waals surface area contributed by atoms with E-state index in [1.807, 2.05) is 0 Å². The number of rotatable bonds is 4. The van der Waals surface area contributed by atoms with Crippen molar-refractivity contribution in [3.05, 3.63) is 81.4 Å². The number of nitro benzene ring substituents is 1. The number of hydrogen-bond acceptors (Lipinski definition) is 6. The number of aliphatic imine (C=N–C) groups is 1. The van der Waals surface area contributed by atoms with Crippen molar-refractivity contribution in [2.45, 2.75) is 0 Å². The third kappa shape index (κ3) is 3.55. The molecule has 0 bridgehead atoms. The van der Waals surface area contributed by atoms with E-state index >= 15 is 0 Å². The lowest BCUT2D eigenvalue weighted by atomic mass is 10.1. The molecule has 0 amide bonds. The molecular weight excluding hydrogens is 367 g/mol. The summed E-state index contributed by atoms with van der Waals surface area (Å²) in [6, 6.07) is 5.72. The van der Waals surface area contributed by atoms with E-state index in [2.05, 4.69) is 4.99 Å². The Hall–Kier alpha value is -3.91. The number of carbonyl (C=O) groups excluding carboxylic acids is 1. The maximum absolute atomic E-state index is 14.1. The van der Waals surface area contributed by atoms with Crippen molar-refractivity contribution in [2.24, 2.45) is 4.99 Å². The van der Waals surface area contributed by atoms with Gasteiger partial charge in [-0.2, -0.15) is 0 Å². The lowest BCUT2D eigenvalue weighted by molar-refractivity contribution is -0.384. The van der Waals surface area contributed by atoms with Crippen molar-refractivity contribution < 1.29 is 27.7 Å². The van der Waals surface area contributed by atoms with Crippen LogP contribution in [0.15, 0.2) is 53.3 Å². The third-order valence-electron chi connectivity index (χ3n) is 3.46. The molecule has 2 aromatic rings. The summed E-state index contributed by atoms with van der Waals surface area (Å²) in [4.78, 5) is 30.4. The molecule has 0 N–H and O–H groups in total. The number of halogens is 3. The lowest BCUT2D eigenvalue weighted by Crippen LogP contribution is -2.28. The summed E-state index contributed by atoms with van der Waals surface area (Å²) in [5, 5.41) is 11.5. The molecule has 1 heterocycles. The number of allylic oxidation sites excluding steroid dienone is 1. The maximum Gasteiger partial charge on any atom is 0.269 e. The zero-order valence-electron chi connectivity index (χ0n) is 13.2. The molecule has 7 nitrogen and oxygen atoms in total. The molecule has 0 saturated carbocycles. The van der Waals surface area contributed by atoms with E-state index in [0.29, 0.717) is 12.1 Å². The molecule has 0 spiro atoms. The first-order valence-electron chi connectivity index (χ1n) is 7.27. The summed E-state index contributed by atoms with van der Waals surface area (Å²) in [5.74, 6) is -2.68. The van der Waals surface area contributed by atoms with Crippen LogP contribution in [0.1, 0.15) is 5.56 Å². The Bertz CT molecular complexity index is 1030. The Morgan fingerprint density at radius 2 is 1.74 bits per heavy atom. The summed E-state index contributed by atoms with van der Waals surface area (Å²) in [6.07, 6.45) is 2.34. The minimum Gasteiger partial charge on any atom is -0.372 e. The fourth-order valence-electron chi connectivity index (χ4n) is 2.23. The van der Waals surface area contributed by atoms with E-state index < -0.39 is 33.8 Å². The fraction of sp³-hybridized carbons (Fsp3) is 0. The molecule has 10 heteroatoms. The van der Waals surface area contributed by atoms with Gasteiger partial charge in [-0.3, -0.25) is 10.1 Å². The van der Waals surface area contributed by atoms with E-state index in [9.17, 15) is 28.1 Å². The summed E-state index contributed by atoms with van der Waals surface area (Å²) in [7, 11) is 0. The molecule has 0 unspecified atom stereocenters. The van der Waals surface area contributed by atoms with Gasteiger partial charge in [0, 0.05) is 30.0 Å². The second-order valence-electron chi connectivity index (χ2n) is 5.14. The SMILES string of the molecule is O=C=C1N=CC=C(c2cc(F)c(F)cc2F)N1Oc1ccc([N+](=O)[O-])cc1. The third-order valence-corrected chi connectivity index (χ3v) is 3.46. The van der Waals surface area contributed by atoms with Crippen LogP contribution in [0.2, 0.25) is 0 Å². The zero-order valence-corrected chi connectivity index (χ0v) is 13.2. The van der Waals surface area contributed by atoms with Crippen LogP contribution in [-0.4, -0.2) is 22.1 Å². The quantitative estimate of drug-likeness (QED) is 0.354. The van der Waals surface area contributed by atoms with Crippen molar-refractivity contribution in [3.63, 3.8) is 0 Å². The van der Waals surface area contributed by atoms with E-state index in [-0.39, 0.29) is 17.1 Å². The molecule has 0 atom stereocenters. The number of hydroxylamine groups is 2. The molecule has 136 valence electrons. The van der Waals surface area contributed by atoms with Crippen LogP contribution in [0.5, 0.6) is 5.75 Å². The van der Waals surface area contributed by atoms with Gasteiger partial charge in [0.15, 0.2) is 23.3 Å². The Kier molecular flexibility index (Phi) is 4.73. The molecular formula is C17H8F3N3O4. The van der Waals surface area contributed by atoms with Gasteiger partial charge in [0.1, 0.15) is 5.82 Å². The number of non-ortho nitro benzene ring substituents is 1. The molecule has 0 aromatic heterocycles. The van der Waals surface area contributed by atoms with Gasteiger partial charge < -0.3 is 4.84 Å². The first kappa shape index (κ1) is 17.9. The molecule has 27 heavy (non-hydrogen) atoms. The topological polar surface area (TPSA) is 85.0 Å². The van der Waals surface area contributed by atoms with Gasteiger partial charge in [-0.15, -0.1) is 5.06 Å². The van der Waals surface area contributed by atoms with E-state index in [1.165, 1.54) is 24.2 Å². The van der Waals surface area contributed by atoms with Gasteiger partial charge in [-0.1, -0.05) is 0 Å². The monoisotopic (exact) mass is 375 g/mol. The van der Waals surface area contributed by atoms with Gasteiger partial charge in [0.2, 0.25) is 0 Å². The van der Waals surface area contributed by atoms with Gasteiger partial charge in [0.25, 0.3) is 11.5 Å². The molecule has 2 aromatic carbocycles. The standard InChI is InChI=1S/C17H8F3N3O4/c18-13-8-15(20)14(19)7-12(13)16-5-6-21-17(9-24)22(16)27-11-3-1-10(2-4-11)23(25)26/h1-8H. The highest BCUT2D eigenvalue weighted by molar-refractivity contribution is 5.88. The summed E-state index contributed by atoms with van der Waals surface area (Å²) in [5.41, 5.74) is -0.750. The molecule has 0 fully saturated rings. The van der Waals surface area contributed by atoms with Crippen LogP contribution in [0.3, 0.4) is 0 Å². The van der Waals surface area contributed by atoms with Crippen molar-refractivity contribution in [3.8, 4) is 5.75 Å². The molecule has 1 aliphatic rings. The maximum atomic E-state index is 14.1. The zero-order chi connectivity index (χ0) is 19.6. The Morgan fingerprint density at radius 3 is 2.37 bits per heavy atom. The van der Waals surface area contributed by atoms with Gasteiger partial charge in [-0.05, 0) is 24.3 Å². The van der Waals surface area contributed by atoms with Crippen LogP contribution in [-0.2, 0) is 4.79 Å². The first-order chi connectivity index (χ1) is 12.9. The van der Waals surface area contributed by atoms with Crippen LogP contribution in [0.25, 0.3) is 5.70 Å². The number of benzene rings is 2. The van der Waals surface area contributed by atoms with Crippen molar-refractivity contribution in [1.29, 1.82) is 0 Å². The summed E-state index contributed by atoms with van der Waals surface area (Å²) >= 11 is 0. The molecule has 3 rings (SSSR count). The fourth-order valence-corrected chi connectivity index (χ4v) is 2.23. The van der Waals surface area contributed by atoms with Crippen LogP contribution in [0.4, 0.5) is 18.9 Å². The number of hydrogen-bond donors (Lipinski definition) is 0. The van der Waals surface area contributed by atoms with Gasteiger partial charge in [0.05, 0.1) is 10.6 Å². The van der Waals surface area contributed by atoms with Crippen LogP contribution < -0.4 is 4.84 Å². The molecule has 0 saturated heterocycles.